The van der Waals surface area contributed by atoms with Crippen LogP contribution in [0, 0.1) is 5.82 Å². The monoisotopic (exact) mass is 497 g/mol. The van der Waals surface area contributed by atoms with Crippen molar-refractivity contribution in [2.75, 3.05) is 12.4 Å². The molecule has 9 heteroatoms. The number of carbonyl (C=O) groups is 2. The summed E-state index contributed by atoms with van der Waals surface area (Å²) in [6.07, 6.45) is -0.0454. The number of ether oxygens (including phenoxy) is 1. The van der Waals surface area contributed by atoms with Crippen LogP contribution in [0.3, 0.4) is 0 Å². The van der Waals surface area contributed by atoms with Crippen molar-refractivity contribution in [3.05, 3.63) is 89.2 Å². The fourth-order valence-corrected chi connectivity index (χ4v) is 4.68. The fourth-order valence-electron chi connectivity index (χ4n) is 3.34. The van der Waals surface area contributed by atoms with Gasteiger partial charge in [0.1, 0.15) is 16.8 Å². The molecule has 1 N–H and O–H groups in total. The molecule has 34 heavy (non-hydrogen) atoms. The average Bonchev–Trinajstić information content (AvgIpc) is 3.11. The van der Waals surface area contributed by atoms with E-state index in [-0.39, 0.29) is 30.6 Å². The summed E-state index contributed by atoms with van der Waals surface area (Å²) in [6.45, 7) is 0.212. The van der Waals surface area contributed by atoms with E-state index < -0.39 is 5.25 Å². The van der Waals surface area contributed by atoms with Crippen molar-refractivity contribution in [2.45, 2.75) is 18.2 Å². The fraction of sp³-hybridized carbons (Fsp3) is 0.160. The van der Waals surface area contributed by atoms with E-state index in [0.29, 0.717) is 27.3 Å². The molecular formula is C25H21ClFN3O3S. The molecule has 4 rings (SSSR count). The van der Waals surface area contributed by atoms with Crippen LogP contribution in [-0.4, -0.2) is 34.2 Å². The Labute approximate surface area is 205 Å². The lowest BCUT2D eigenvalue weighted by Gasteiger charge is -2.17. The minimum atomic E-state index is -0.653. The van der Waals surface area contributed by atoms with Crippen LogP contribution in [0.5, 0.6) is 5.75 Å². The maximum absolute atomic E-state index is 13.3. The third-order valence-corrected chi connectivity index (χ3v) is 6.59. The zero-order valence-electron chi connectivity index (χ0n) is 18.2. The lowest BCUT2D eigenvalue weighted by Crippen LogP contribution is -2.33. The Morgan fingerprint density at radius 2 is 1.82 bits per heavy atom. The summed E-state index contributed by atoms with van der Waals surface area (Å²) in [5.74, 6) is -0.231. The van der Waals surface area contributed by atoms with Crippen LogP contribution in [0.2, 0.25) is 5.02 Å². The van der Waals surface area contributed by atoms with Crippen LogP contribution in [0.25, 0.3) is 0 Å². The zero-order chi connectivity index (χ0) is 24.1. The minimum Gasteiger partial charge on any atom is -0.497 e. The van der Waals surface area contributed by atoms with Gasteiger partial charge in [-0.3, -0.25) is 14.5 Å². The number of hydrogen-bond acceptors (Lipinski definition) is 5. The number of carbonyl (C=O) groups excluding carboxylic acids is 2. The summed E-state index contributed by atoms with van der Waals surface area (Å²) < 4.78 is 18.5. The molecule has 1 aliphatic rings. The number of nitrogens with zero attached hydrogens (tertiary/aromatic N) is 2. The van der Waals surface area contributed by atoms with E-state index >= 15 is 0 Å². The number of aliphatic imine (C=N–C) groups is 1. The van der Waals surface area contributed by atoms with Crippen molar-refractivity contribution in [3.8, 4) is 5.75 Å². The number of benzene rings is 3. The third-order valence-electron chi connectivity index (χ3n) is 5.09. The van der Waals surface area contributed by atoms with Gasteiger partial charge >= 0.3 is 0 Å². The van der Waals surface area contributed by atoms with Gasteiger partial charge in [-0.2, -0.15) is 0 Å². The number of thioether (sulfide) groups is 1. The van der Waals surface area contributed by atoms with E-state index in [9.17, 15) is 14.0 Å². The van der Waals surface area contributed by atoms with Crippen molar-refractivity contribution >= 4 is 51.7 Å². The number of halogens is 2. The first-order chi connectivity index (χ1) is 16.4. The van der Waals surface area contributed by atoms with Crippen molar-refractivity contribution in [1.29, 1.82) is 0 Å². The Bertz CT molecular complexity index is 1220. The van der Waals surface area contributed by atoms with Crippen molar-refractivity contribution in [2.24, 2.45) is 4.99 Å². The molecule has 0 spiro atoms. The topological polar surface area (TPSA) is 71.0 Å². The summed E-state index contributed by atoms with van der Waals surface area (Å²) in [7, 11) is 1.58. The first-order valence-electron chi connectivity index (χ1n) is 10.4. The van der Waals surface area contributed by atoms with Crippen LogP contribution >= 0.6 is 23.4 Å². The second-order valence-corrected chi connectivity index (χ2v) is 9.06. The molecule has 174 valence electrons. The molecule has 3 aromatic carbocycles. The third kappa shape index (κ3) is 5.76. The molecule has 6 nitrogen and oxygen atoms in total. The summed E-state index contributed by atoms with van der Waals surface area (Å²) >= 11 is 7.35. The number of anilines is 1. The molecule has 1 heterocycles. The number of methoxy groups -OCH3 is 1. The molecule has 1 saturated heterocycles. The van der Waals surface area contributed by atoms with Crippen molar-refractivity contribution in [3.63, 3.8) is 0 Å². The molecule has 1 aliphatic heterocycles. The van der Waals surface area contributed by atoms with Crippen LogP contribution < -0.4 is 10.1 Å². The molecule has 0 bridgehead atoms. The van der Waals surface area contributed by atoms with E-state index in [1.807, 2.05) is 0 Å². The Balaban J connectivity index is 1.55. The first kappa shape index (κ1) is 23.8. The van der Waals surface area contributed by atoms with Gasteiger partial charge in [-0.15, -0.1) is 0 Å². The number of amides is 2. The lowest BCUT2D eigenvalue weighted by molar-refractivity contribution is -0.128. The van der Waals surface area contributed by atoms with Gasteiger partial charge in [0, 0.05) is 6.42 Å². The largest absolute Gasteiger partial charge is 0.497 e. The van der Waals surface area contributed by atoms with Gasteiger partial charge in [0.15, 0.2) is 5.17 Å². The summed E-state index contributed by atoms with van der Waals surface area (Å²) in [5.41, 5.74) is 1.88. The second kappa shape index (κ2) is 10.7. The van der Waals surface area contributed by atoms with Gasteiger partial charge in [0.05, 0.1) is 30.1 Å². The van der Waals surface area contributed by atoms with E-state index in [1.54, 1.807) is 67.8 Å². The first-order valence-corrected chi connectivity index (χ1v) is 11.7. The molecule has 0 saturated carbocycles. The summed E-state index contributed by atoms with van der Waals surface area (Å²) in [5, 5.41) is 2.99. The quantitative estimate of drug-likeness (QED) is 0.458. The molecule has 1 fully saturated rings. The molecular weight excluding hydrogens is 477 g/mol. The van der Waals surface area contributed by atoms with Crippen molar-refractivity contribution < 1.29 is 18.7 Å². The molecule has 3 aromatic rings. The molecule has 0 radical (unpaired) electrons. The maximum atomic E-state index is 13.3. The van der Waals surface area contributed by atoms with E-state index in [2.05, 4.69) is 10.3 Å². The Morgan fingerprint density at radius 3 is 2.50 bits per heavy atom. The van der Waals surface area contributed by atoms with Gasteiger partial charge in [-0.05, 0) is 54.1 Å². The van der Waals surface area contributed by atoms with Gasteiger partial charge < -0.3 is 10.1 Å². The predicted octanol–water partition coefficient (Wildman–Crippen LogP) is 5.65. The Kier molecular flexibility index (Phi) is 7.49. The number of amidine groups is 1. The predicted molar refractivity (Wildman–Crippen MR) is 133 cm³/mol. The van der Waals surface area contributed by atoms with Gasteiger partial charge in [0.25, 0.3) is 0 Å². The zero-order valence-corrected chi connectivity index (χ0v) is 19.8. The van der Waals surface area contributed by atoms with Crippen molar-refractivity contribution in [1.82, 2.24) is 4.90 Å². The summed E-state index contributed by atoms with van der Waals surface area (Å²) in [4.78, 5) is 32.1. The number of hydrogen-bond donors (Lipinski definition) is 1. The maximum Gasteiger partial charge on any atom is 0.242 e. The highest BCUT2D eigenvalue weighted by atomic mass is 35.5. The van der Waals surface area contributed by atoms with Gasteiger partial charge in [0.2, 0.25) is 11.8 Å². The minimum absolute atomic E-state index is 0.0454. The SMILES string of the molecule is COc1ccc(N=C2SC(CC(=O)Nc3ccccc3Cl)C(=O)N2Cc2ccc(F)cc2)cc1. The lowest BCUT2D eigenvalue weighted by atomic mass is 10.2. The Morgan fingerprint density at radius 1 is 1.12 bits per heavy atom. The smallest absolute Gasteiger partial charge is 0.242 e. The van der Waals surface area contributed by atoms with E-state index in [0.717, 1.165) is 5.56 Å². The molecule has 0 aromatic heterocycles. The molecule has 0 aliphatic carbocycles. The summed E-state index contributed by atoms with van der Waals surface area (Å²) in [6, 6.07) is 20.0. The van der Waals surface area contributed by atoms with Crippen LogP contribution in [0.15, 0.2) is 77.8 Å². The van der Waals surface area contributed by atoms with Crippen LogP contribution in [-0.2, 0) is 16.1 Å². The van der Waals surface area contributed by atoms with Gasteiger partial charge in [-0.1, -0.05) is 47.6 Å². The van der Waals surface area contributed by atoms with Gasteiger partial charge in [-0.25, -0.2) is 9.38 Å². The highest BCUT2D eigenvalue weighted by Crippen LogP contribution is 2.33. The molecule has 2 amide bonds. The standard InChI is InChI=1S/C25H21ClFN3O3S/c1-33-19-12-10-18(11-13-19)28-25-30(15-16-6-8-17(27)9-7-16)24(32)22(34-25)14-23(31)29-21-5-3-2-4-20(21)26/h2-13,22H,14-15H2,1H3,(H,29,31). The second-order valence-electron chi connectivity index (χ2n) is 7.48. The molecule has 1 atom stereocenters. The number of rotatable bonds is 7. The van der Waals surface area contributed by atoms with Crippen LogP contribution in [0.4, 0.5) is 15.8 Å². The van der Waals surface area contributed by atoms with E-state index in [1.165, 1.54) is 28.8 Å². The highest BCUT2D eigenvalue weighted by molar-refractivity contribution is 8.15. The van der Waals surface area contributed by atoms with E-state index in [4.69, 9.17) is 16.3 Å². The number of nitrogens with one attached hydrogen (secondary N) is 1. The highest BCUT2D eigenvalue weighted by Gasteiger charge is 2.39. The van der Waals surface area contributed by atoms with Crippen LogP contribution in [0.1, 0.15) is 12.0 Å². The Hall–Kier alpha value is -3.36. The normalized spacial score (nSPS) is 16.7. The number of para-hydroxylation sites is 1. The molecule has 1 unspecified atom stereocenters. The average molecular weight is 498 g/mol.